The highest BCUT2D eigenvalue weighted by Gasteiger charge is 2.33. The lowest BCUT2D eigenvalue weighted by atomic mass is 10.0. The van der Waals surface area contributed by atoms with Crippen LogP contribution in [-0.2, 0) is 9.59 Å². The third-order valence-corrected chi connectivity index (χ3v) is 3.82. The molecule has 0 saturated heterocycles. The van der Waals surface area contributed by atoms with Crippen molar-refractivity contribution in [3.63, 3.8) is 0 Å². The lowest BCUT2D eigenvalue weighted by Gasteiger charge is -2.17. The quantitative estimate of drug-likeness (QED) is 0.869. The van der Waals surface area contributed by atoms with Gasteiger partial charge in [0, 0.05) is 16.1 Å². The number of carbonyl (C=O) groups is 2. The highest BCUT2D eigenvalue weighted by molar-refractivity contribution is 6.34. The number of carboxylic acids is 1. The Morgan fingerprint density at radius 2 is 1.90 bits per heavy atom. The lowest BCUT2D eigenvalue weighted by Crippen LogP contribution is -2.42. The van der Waals surface area contributed by atoms with Crippen LogP contribution in [0.1, 0.15) is 19.3 Å². The van der Waals surface area contributed by atoms with Crippen molar-refractivity contribution >= 4 is 35.1 Å². The first kappa shape index (κ1) is 15.9. The number of amides is 1. The molecule has 2 rings (SSSR count). The van der Waals surface area contributed by atoms with Crippen molar-refractivity contribution in [3.8, 4) is 5.75 Å². The lowest BCUT2D eigenvalue weighted by molar-refractivity contribution is -0.142. The van der Waals surface area contributed by atoms with Gasteiger partial charge < -0.3 is 15.2 Å². The fraction of sp³-hybridized carbons (Fsp3) is 0.429. The highest BCUT2D eigenvalue weighted by atomic mass is 35.5. The summed E-state index contributed by atoms with van der Waals surface area (Å²) in [5.41, 5.74) is 0. The number of carbonyl (C=O) groups excluding carboxylic acids is 1. The molecule has 0 heterocycles. The van der Waals surface area contributed by atoms with Crippen LogP contribution < -0.4 is 10.1 Å². The Hall–Kier alpha value is -1.46. The maximum atomic E-state index is 11.8. The molecule has 2 N–H and O–H groups in total. The number of benzene rings is 1. The summed E-state index contributed by atoms with van der Waals surface area (Å²) >= 11 is 11.7. The third-order valence-electron chi connectivity index (χ3n) is 3.39. The van der Waals surface area contributed by atoms with Crippen molar-refractivity contribution in [3.05, 3.63) is 28.2 Å². The van der Waals surface area contributed by atoms with Gasteiger partial charge in [-0.25, -0.2) is 0 Å². The minimum atomic E-state index is -0.875. The fourth-order valence-corrected chi connectivity index (χ4v) is 2.94. The second-order valence-corrected chi connectivity index (χ2v) is 5.82. The summed E-state index contributed by atoms with van der Waals surface area (Å²) in [5.74, 6) is -1.36. The molecule has 0 spiro atoms. The number of ether oxygens (including phenoxy) is 1. The first-order chi connectivity index (χ1) is 9.95. The average molecular weight is 332 g/mol. The number of rotatable bonds is 5. The Balaban J connectivity index is 1.86. The Morgan fingerprint density at radius 1 is 1.24 bits per heavy atom. The number of carboxylic acid groups (broad SMARTS) is 1. The molecular weight excluding hydrogens is 317 g/mol. The van der Waals surface area contributed by atoms with Gasteiger partial charge in [0.1, 0.15) is 5.75 Å². The zero-order valence-electron chi connectivity index (χ0n) is 11.1. The summed E-state index contributed by atoms with van der Waals surface area (Å²) < 4.78 is 5.31. The zero-order valence-corrected chi connectivity index (χ0v) is 12.7. The summed E-state index contributed by atoms with van der Waals surface area (Å²) in [6.45, 7) is -0.209. The predicted octanol–water partition coefficient (Wildman–Crippen LogP) is 2.74. The summed E-state index contributed by atoms with van der Waals surface area (Å²) in [4.78, 5) is 22.9. The molecule has 0 aromatic heterocycles. The number of nitrogens with one attached hydrogen (secondary N) is 1. The van der Waals surface area contributed by atoms with Crippen LogP contribution in [-0.4, -0.2) is 29.6 Å². The van der Waals surface area contributed by atoms with Gasteiger partial charge in [0.25, 0.3) is 5.91 Å². The van der Waals surface area contributed by atoms with E-state index >= 15 is 0 Å². The van der Waals surface area contributed by atoms with Gasteiger partial charge >= 0.3 is 5.97 Å². The summed E-state index contributed by atoms with van der Waals surface area (Å²) in [6.07, 6.45) is 2.06. The average Bonchev–Trinajstić information content (AvgIpc) is 2.83. The van der Waals surface area contributed by atoms with E-state index in [1.54, 1.807) is 18.2 Å². The minimum absolute atomic E-state index is 0.209. The monoisotopic (exact) mass is 331 g/mol. The molecule has 1 aromatic rings. The van der Waals surface area contributed by atoms with E-state index in [-0.39, 0.29) is 18.6 Å². The van der Waals surface area contributed by atoms with Crippen molar-refractivity contribution in [2.45, 2.75) is 25.3 Å². The van der Waals surface area contributed by atoms with E-state index in [0.29, 0.717) is 28.6 Å². The van der Waals surface area contributed by atoms with E-state index < -0.39 is 11.9 Å². The molecule has 7 heteroatoms. The molecule has 5 nitrogen and oxygen atoms in total. The molecule has 1 saturated carbocycles. The Labute approximate surface area is 132 Å². The topological polar surface area (TPSA) is 75.6 Å². The first-order valence-corrected chi connectivity index (χ1v) is 7.32. The number of aliphatic carboxylic acids is 1. The van der Waals surface area contributed by atoms with Gasteiger partial charge in [-0.1, -0.05) is 29.6 Å². The van der Waals surface area contributed by atoms with Gasteiger partial charge in [-0.3, -0.25) is 9.59 Å². The summed E-state index contributed by atoms with van der Waals surface area (Å²) in [5, 5.41) is 12.6. The van der Waals surface area contributed by atoms with Crippen LogP contribution in [0.15, 0.2) is 18.2 Å². The van der Waals surface area contributed by atoms with Crippen LogP contribution in [0.5, 0.6) is 5.75 Å². The van der Waals surface area contributed by atoms with Gasteiger partial charge in [-0.2, -0.15) is 0 Å². The van der Waals surface area contributed by atoms with Crippen LogP contribution in [0.25, 0.3) is 0 Å². The van der Waals surface area contributed by atoms with Gasteiger partial charge in [0.2, 0.25) is 0 Å². The molecule has 21 heavy (non-hydrogen) atoms. The second-order valence-electron chi connectivity index (χ2n) is 4.94. The summed E-state index contributed by atoms with van der Waals surface area (Å²) in [7, 11) is 0. The molecule has 2 atom stereocenters. The Kier molecular flexibility index (Phi) is 5.31. The normalized spacial score (nSPS) is 21.0. The smallest absolute Gasteiger partial charge is 0.308 e. The van der Waals surface area contributed by atoms with Crippen LogP contribution in [0.3, 0.4) is 0 Å². The number of hydrogen-bond acceptors (Lipinski definition) is 3. The van der Waals surface area contributed by atoms with Crippen LogP contribution in [0.4, 0.5) is 0 Å². The van der Waals surface area contributed by atoms with Crippen molar-refractivity contribution in [1.82, 2.24) is 5.32 Å². The van der Waals surface area contributed by atoms with E-state index in [1.807, 2.05) is 0 Å². The third kappa shape index (κ3) is 4.51. The van der Waals surface area contributed by atoms with Crippen molar-refractivity contribution in [2.24, 2.45) is 5.92 Å². The van der Waals surface area contributed by atoms with Crippen molar-refractivity contribution in [1.29, 1.82) is 0 Å². The van der Waals surface area contributed by atoms with Crippen LogP contribution in [0, 0.1) is 5.92 Å². The second kappa shape index (κ2) is 7.00. The maximum Gasteiger partial charge on any atom is 0.308 e. The van der Waals surface area contributed by atoms with Gasteiger partial charge in [-0.15, -0.1) is 0 Å². The first-order valence-electron chi connectivity index (χ1n) is 6.57. The van der Waals surface area contributed by atoms with Gasteiger partial charge in [0.15, 0.2) is 6.61 Å². The van der Waals surface area contributed by atoms with Gasteiger partial charge in [-0.05, 0) is 31.0 Å². The molecule has 0 radical (unpaired) electrons. The number of halogens is 2. The maximum absolute atomic E-state index is 11.8. The number of hydrogen-bond donors (Lipinski definition) is 2. The molecule has 0 bridgehead atoms. The molecule has 1 amide bonds. The van der Waals surface area contributed by atoms with Gasteiger partial charge in [0.05, 0.1) is 5.92 Å². The molecule has 114 valence electrons. The molecule has 1 fully saturated rings. The fourth-order valence-electron chi connectivity index (χ4n) is 2.44. The molecule has 1 aliphatic rings. The highest BCUT2D eigenvalue weighted by Crippen LogP contribution is 2.26. The standard InChI is InChI=1S/C14H15Cl2NO4/c15-8-4-9(16)6-10(5-8)21-7-13(18)17-12-3-1-2-11(12)14(19)20/h4-6,11-12H,1-3,7H2,(H,17,18)(H,19,20)/t11-,12+/m1/s1. The van der Waals surface area contributed by atoms with Crippen LogP contribution >= 0.6 is 23.2 Å². The van der Waals surface area contributed by atoms with E-state index in [2.05, 4.69) is 5.32 Å². The van der Waals surface area contributed by atoms with E-state index in [4.69, 9.17) is 33.0 Å². The summed E-state index contributed by atoms with van der Waals surface area (Å²) in [6, 6.07) is 4.33. The Morgan fingerprint density at radius 3 is 2.52 bits per heavy atom. The van der Waals surface area contributed by atoms with Crippen molar-refractivity contribution < 1.29 is 19.4 Å². The molecular formula is C14H15Cl2NO4. The molecule has 0 unspecified atom stereocenters. The largest absolute Gasteiger partial charge is 0.484 e. The zero-order chi connectivity index (χ0) is 15.4. The SMILES string of the molecule is O=C(COc1cc(Cl)cc(Cl)c1)N[C@H]1CCC[C@H]1C(=O)O. The Bertz CT molecular complexity index is 530. The van der Waals surface area contributed by atoms with Crippen molar-refractivity contribution in [2.75, 3.05) is 6.61 Å². The predicted molar refractivity (Wildman–Crippen MR) is 78.9 cm³/mol. The molecule has 1 aromatic carbocycles. The van der Waals surface area contributed by atoms with E-state index in [1.165, 1.54) is 0 Å². The minimum Gasteiger partial charge on any atom is -0.484 e. The van der Waals surface area contributed by atoms with E-state index in [9.17, 15) is 9.59 Å². The molecule has 1 aliphatic carbocycles. The van der Waals surface area contributed by atoms with E-state index in [0.717, 1.165) is 6.42 Å². The van der Waals surface area contributed by atoms with Crippen LogP contribution in [0.2, 0.25) is 10.0 Å². The molecule has 0 aliphatic heterocycles.